The highest BCUT2D eigenvalue weighted by molar-refractivity contribution is 7.99. The summed E-state index contributed by atoms with van der Waals surface area (Å²) in [6.07, 6.45) is 1.000. The Kier molecular flexibility index (Phi) is 6.47. The van der Waals surface area contributed by atoms with Crippen molar-refractivity contribution in [3.8, 4) is 5.69 Å². The van der Waals surface area contributed by atoms with Gasteiger partial charge in [0.05, 0.1) is 17.5 Å². The van der Waals surface area contributed by atoms with E-state index in [0.29, 0.717) is 10.2 Å². The Morgan fingerprint density at radius 3 is 2.56 bits per heavy atom. The predicted molar refractivity (Wildman–Crippen MR) is 107 cm³/mol. The number of aryl methyl sites for hydroxylation is 1. The number of hydrogen-bond donors (Lipinski definition) is 1. The summed E-state index contributed by atoms with van der Waals surface area (Å²) in [4.78, 5) is 12.3. The molecule has 0 aliphatic heterocycles. The van der Waals surface area contributed by atoms with Crippen molar-refractivity contribution >= 4 is 29.3 Å². The summed E-state index contributed by atoms with van der Waals surface area (Å²) in [5.41, 5.74) is 3.15. The molecule has 0 spiro atoms. The molecule has 1 atom stereocenters. The largest absolute Gasteiger partial charge is 0.349 e. The van der Waals surface area contributed by atoms with Crippen LogP contribution in [-0.2, 0) is 11.2 Å². The zero-order valence-corrected chi connectivity index (χ0v) is 16.7. The molecule has 27 heavy (non-hydrogen) atoms. The van der Waals surface area contributed by atoms with Crippen LogP contribution >= 0.6 is 23.4 Å². The number of nitrogens with zero attached hydrogens (tertiary/aromatic N) is 4. The zero-order valence-electron chi connectivity index (χ0n) is 15.1. The second-order valence-electron chi connectivity index (χ2n) is 6.02. The second-order valence-corrected chi connectivity index (χ2v) is 7.40. The van der Waals surface area contributed by atoms with E-state index >= 15 is 0 Å². The first kappa shape index (κ1) is 19.4. The SMILES string of the molecule is CCc1ccc([C@H](C)NC(=O)CSc2nnnn2-c2ccc(Cl)cc2)cc1. The van der Waals surface area contributed by atoms with Gasteiger partial charge in [-0.3, -0.25) is 4.79 Å². The molecule has 0 saturated carbocycles. The fourth-order valence-electron chi connectivity index (χ4n) is 2.55. The van der Waals surface area contributed by atoms with Crippen molar-refractivity contribution < 1.29 is 4.79 Å². The maximum Gasteiger partial charge on any atom is 0.230 e. The quantitative estimate of drug-likeness (QED) is 0.609. The van der Waals surface area contributed by atoms with E-state index in [9.17, 15) is 4.79 Å². The fourth-order valence-corrected chi connectivity index (χ4v) is 3.38. The van der Waals surface area contributed by atoms with Crippen molar-refractivity contribution in [3.63, 3.8) is 0 Å². The molecule has 1 N–H and O–H groups in total. The van der Waals surface area contributed by atoms with Crippen LogP contribution in [0.3, 0.4) is 0 Å². The third-order valence-corrected chi connectivity index (χ3v) is 5.28. The van der Waals surface area contributed by atoms with Gasteiger partial charge in [0, 0.05) is 5.02 Å². The van der Waals surface area contributed by atoms with E-state index in [0.717, 1.165) is 17.7 Å². The molecule has 0 radical (unpaired) electrons. The van der Waals surface area contributed by atoms with Gasteiger partial charge in [0.25, 0.3) is 0 Å². The lowest BCUT2D eigenvalue weighted by Gasteiger charge is -2.14. The molecule has 140 valence electrons. The van der Waals surface area contributed by atoms with Gasteiger partial charge in [-0.25, -0.2) is 0 Å². The van der Waals surface area contributed by atoms with Gasteiger partial charge < -0.3 is 5.32 Å². The molecule has 6 nitrogen and oxygen atoms in total. The highest BCUT2D eigenvalue weighted by Gasteiger charge is 2.14. The molecule has 0 bridgehead atoms. The highest BCUT2D eigenvalue weighted by Crippen LogP contribution is 2.20. The number of carbonyl (C=O) groups is 1. The molecule has 0 aliphatic rings. The van der Waals surface area contributed by atoms with Crippen molar-refractivity contribution in [1.29, 1.82) is 0 Å². The number of halogens is 1. The van der Waals surface area contributed by atoms with Crippen LogP contribution in [0.4, 0.5) is 0 Å². The predicted octanol–water partition coefficient (Wildman–Crippen LogP) is 3.85. The van der Waals surface area contributed by atoms with Crippen molar-refractivity contribution in [2.45, 2.75) is 31.5 Å². The van der Waals surface area contributed by atoms with Crippen molar-refractivity contribution in [1.82, 2.24) is 25.5 Å². The van der Waals surface area contributed by atoms with Crippen LogP contribution in [0, 0.1) is 0 Å². The number of rotatable bonds is 7. The molecular formula is C19H20ClN5OS. The number of nitrogens with one attached hydrogen (secondary N) is 1. The number of carbonyl (C=O) groups excluding carboxylic acids is 1. The van der Waals surface area contributed by atoms with E-state index in [1.807, 2.05) is 19.1 Å². The Balaban J connectivity index is 1.58. The molecule has 1 aromatic heterocycles. The third kappa shape index (κ3) is 5.08. The smallest absolute Gasteiger partial charge is 0.230 e. The summed E-state index contributed by atoms with van der Waals surface area (Å²) in [5, 5.41) is 15.9. The first-order chi connectivity index (χ1) is 13.1. The van der Waals surface area contributed by atoms with Gasteiger partial charge in [-0.15, -0.1) is 5.10 Å². The van der Waals surface area contributed by atoms with Crippen LogP contribution in [0.15, 0.2) is 53.7 Å². The van der Waals surface area contributed by atoms with Crippen LogP contribution in [0.2, 0.25) is 5.02 Å². The number of hydrogen-bond acceptors (Lipinski definition) is 5. The summed E-state index contributed by atoms with van der Waals surface area (Å²) in [6, 6.07) is 15.4. The third-order valence-electron chi connectivity index (χ3n) is 4.11. The summed E-state index contributed by atoms with van der Waals surface area (Å²) in [5.74, 6) is 0.156. The van der Waals surface area contributed by atoms with E-state index < -0.39 is 0 Å². The Morgan fingerprint density at radius 2 is 1.89 bits per heavy atom. The molecule has 2 aromatic carbocycles. The number of aromatic nitrogens is 4. The van der Waals surface area contributed by atoms with Gasteiger partial charge >= 0.3 is 0 Å². The van der Waals surface area contributed by atoms with Crippen molar-refractivity contribution in [2.75, 3.05) is 5.75 Å². The van der Waals surface area contributed by atoms with Crippen molar-refractivity contribution in [3.05, 3.63) is 64.7 Å². The monoisotopic (exact) mass is 401 g/mol. The first-order valence-electron chi connectivity index (χ1n) is 8.62. The fraction of sp³-hybridized carbons (Fsp3) is 0.263. The zero-order chi connectivity index (χ0) is 19.2. The lowest BCUT2D eigenvalue weighted by atomic mass is 10.1. The normalized spacial score (nSPS) is 12.0. The van der Waals surface area contributed by atoms with Gasteiger partial charge in [-0.05, 0) is 59.2 Å². The molecule has 3 rings (SSSR count). The molecule has 0 unspecified atom stereocenters. The van der Waals surface area contributed by atoms with E-state index in [2.05, 4.69) is 52.0 Å². The average Bonchev–Trinajstić information content (AvgIpc) is 3.15. The lowest BCUT2D eigenvalue weighted by molar-refractivity contribution is -0.119. The summed E-state index contributed by atoms with van der Waals surface area (Å²) >= 11 is 7.20. The minimum absolute atomic E-state index is 0.0590. The van der Waals surface area contributed by atoms with Gasteiger partial charge in [-0.1, -0.05) is 54.6 Å². The minimum Gasteiger partial charge on any atom is -0.349 e. The molecular weight excluding hydrogens is 382 g/mol. The highest BCUT2D eigenvalue weighted by atomic mass is 35.5. The van der Waals surface area contributed by atoms with E-state index in [4.69, 9.17) is 11.6 Å². The molecule has 1 amide bonds. The standard InChI is InChI=1S/C19H20ClN5OS/c1-3-14-4-6-15(7-5-14)13(2)21-18(26)12-27-19-22-23-24-25(19)17-10-8-16(20)9-11-17/h4-11,13H,3,12H2,1-2H3,(H,21,26)/t13-/m0/s1. The minimum atomic E-state index is -0.0716. The maximum atomic E-state index is 12.3. The van der Waals surface area contributed by atoms with Crippen LogP contribution in [0.25, 0.3) is 5.69 Å². The van der Waals surface area contributed by atoms with Crippen LogP contribution in [-0.4, -0.2) is 31.9 Å². The number of thioether (sulfide) groups is 1. The first-order valence-corrected chi connectivity index (χ1v) is 9.98. The molecule has 0 saturated heterocycles. The van der Waals surface area contributed by atoms with Crippen LogP contribution < -0.4 is 5.32 Å². The summed E-state index contributed by atoms with van der Waals surface area (Å²) < 4.78 is 1.58. The molecule has 1 heterocycles. The van der Waals surface area contributed by atoms with Gasteiger partial charge in [-0.2, -0.15) is 4.68 Å². The van der Waals surface area contributed by atoms with E-state index in [-0.39, 0.29) is 17.7 Å². The number of tetrazole rings is 1. The maximum absolute atomic E-state index is 12.3. The lowest BCUT2D eigenvalue weighted by Crippen LogP contribution is -2.28. The van der Waals surface area contributed by atoms with E-state index in [1.165, 1.54) is 17.3 Å². The van der Waals surface area contributed by atoms with Crippen LogP contribution in [0.5, 0.6) is 0 Å². The Morgan fingerprint density at radius 1 is 1.19 bits per heavy atom. The molecule has 0 fully saturated rings. The Labute approximate surface area is 167 Å². The average molecular weight is 402 g/mol. The second kappa shape index (κ2) is 9.01. The Hall–Kier alpha value is -2.38. The van der Waals surface area contributed by atoms with E-state index in [1.54, 1.807) is 16.8 Å². The molecule has 0 aliphatic carbocycles. The molecule has 3 aromatic rings. The van der Waals surface area contributed by atoms with Gasteiger partial charge in [0.2, 0.25) is 11.1 Å². The van der Waals surface area contributed by atoms with Crippen molar-refractivity contribution in [2.24, 2.45) is 0 Å². The summed E-state index contributed by atoms with van der Waals surface area (Å²) in [7, 11) is 0. The Bertz CT molecular complexity index is 895. The van der Waals surface area contributed by atoms with Crippen LogP contribution in [0.1, 0.15) is 31.0 Å². The van der Waals surface area contributed by atoms with Gasteiger partial charge in [0.1, 0.15) is 0 Å². The van der Waals surface area contributed by atoms with Gasteiger partial charge in [0.15, 0.2) is 0 Å². The number of benzene rings is 2. The molecule has 8 heteroatoms. The summed E-state index contributed by atoms with van der Waals surface area (Å²) in [6.45, 7) is 4.09. The number of amides is 1. The topological polar surface area (TPSA) is 72.7 Å².